The van der Waals surface area contributed by atoms with E-state index in [2.05, 4.69) is 25.5 Å². The molecule has 0 aliphatic heterocycles. The topological polar surface area (TPSA) is 118 Å². The molecular formula is C18H17BN6O3. The highest BCUT2D eigenvalue weighted by Crippen LogP contribution is 2.24. The van der Waals surface area contributed by atoms with E-state index in [0.717, 1.165) is 16.6 Å². The minimum absolute atomic E-state index is 0.329. The molecule has 0 aliphatic carbocycles. The highest BCUT2D eigenvalue weighted by atomic mass is 16.5. The standard InChI is InChI=1S/C18H17BN6O3/c1-28-18-22-14-7-2-3-8-15(14)25(18)17-23-16(11-21-24-17)20-10-12-5-4-6-13(9-12)19(26)27/h2-9,11,26-27H,10H2,1H3,(H,20,23,24). The molecule has 0 saturated heterocycles. The van der Waals surface area contributed by atoms with Gasteiger partial charge in [0.2, 0.25) is 0 Å². The molecule has 0 radical (unpaired) electrons. The number of nitrogens with zero attached hydrogens (tertiary/aromatic N) is 5. The Labute approximate surface area is 160 Å². The Morgan fingerprint density at radius 1 is 1.11 bits per heavy atom. The molecule has 10 heteroatoms. The third-order valence-electron chi connectivity index (χ3n) is 4.18. The summed E-state index contributed by atoms with van der Waals surface area (Å²) in [5.74, 6) is 0.842. The summed E-state index contributed by atoms with van der Waals surface area (Å²) < 4.78 is 7.06. The minimum atomic E-state index is -1.51. The normalized spacial score (nSPS) is 10.8. The van der Waals surface area contributed by atoms with Gasteiger partial charge in [0.25, 0.3) is 5.95 Å². The van der Waals surface area contributed by atoms with Gasteiger partial charge in [-0.1, -0.05) is 36.4 Å². The van der Waals surface area contributed by atoms with Gasteiger partial charge in [-0.25, -0.2) is 4.57 Å². The third kappa shape index (κ3) is 3.50. The summed E-state index contributed by atoms with van der Waals surface area (Å²) in [7, 11) is 0.0322. The van der Waals surface area contributed by atoms with Crippen LogP contribution in [0, 0.1) is 0 Å². The summed E-state index contributed by atoms with van der Waals surface area (Å²) in [5, 5.41) is 29.9. The van der Waals surface area contributed by atoms with E-state index in [1.807, 2.05) is 30.3 Å². The molecule has 3 N–H and O–H groups in total. The molecule has 9 nitrogen and oxygen atoms in total. The van der Waals surface area contributed by atoms with Crippen LogP contribution in [0.15, 0.2) is 54.7 Å². The second-order valence-corrected chi connectivity index (χ2v) is 6.04. The summed E-state index contributed by atoms with van der Waals surface area (Å²) in [6.07, 6.45) is 1.51. The number of benzene rings is 2. The van der Waals surface area contributed by atoms with Gasteiger partial charge < -0.3 is 20.1 Å². The SMILES string of the molecule is COc1nc2ccccc2n1-c1nncc(NCc2cccc(B(O)O)c2)n1. The van der Waals surface area contributed by atoms with Crippen molar-refractivity contribution in [3.8, 4) is 12.0 Å². The molecule has 2 heterocycles. The van der Waals surface area contributed by atoms with Gasteiger partial charge in [-0.05, 0) is 23.2 Å². The first kappa shape index (κ1) is 17.9. The van der Waals surface area contributed by atoms with Gasteiger partial charge in [0.05, 0.1) is 24.3 Å². The number of fused-ring (bicyclic) bond motifs is 1. The molecule has 0 amide bonds. The van der Waals surface area contributed by atoms with Crippen molar-refractivity contribution in [1.29, 1.82) is 0 Å². The van der Waals surface area contributed by atoms with E-state index in [1.54, 1.807) is 22.8 Å². The average molecular weight is 376 g/mol. The fraction of sp³-hybridized carbons (Fsp3) is 0.111. The van der Waals surface area contributed by atoms with E-state index < -0.39 is 7.12 Å². The number of hydrogen-bond donors (Lipinski definition) is 3. The summed E-state index contributed by atoms with van der Waals surface area (Å²) in [5.41, 5.74) is 2.87. The number of ether oxygens (including phenoxy) is 1. The molecule has 4 rings (SSSR count). The van der Waals surface area contributed by atoms with Crippen LogP contribution in [-0.4, -0.2) is 49.0 Å². The van der Waals surface area contributed by atoms with Gasteiger partial charge in [0.1, 0.15) is 0 Å². The zero-order valence-corrected chi connectivity index (χ0v) is 15.0. The summed E-state index contributed by atoms with van der Waals surface area (Å²) >= 11 is 0. The van der Waals surface area contributed by atoms with Crippen LogP contribution >= 0.6 is 0 Å². The molecule has 2 aromatic carbocycles. The monoisotopic (exact) mass is 376 g/mol. The number of methoxy groups -OCH3 is 1. The lowest BCUT2D eigenvalue weighted by molar-refractivity contribution is 0.373. The van der Waals surface area contributed by atoms with Crippen molar-refractivity contribution in [3.05, 3.63) is 60.3 Å². The second kappa shape index (κ2) is 7.63. The molecule has 0 fully saturated rings. The van der Waals surface area contributed by atoms with Crippen LogP contribution < -0.4 is 15.5 Å². The molecule has 28 heavy (non-hydrogen) atoms. The Kier molecular flexibility index (Phi) is 4.88. The quantitative estimate of drug-likeness (QED) is 0.417. The van der Waals surface area contributed by atoms with E-state index in [-0.39, 0.29) is 0 Å². The minimum Gasteiger partial charge on any atom is -0.468 e. The molecule has 2 aromatic heterocycles. The molecule has 0 unspecified atom stereocenters. The average Bonchev–Trinajstić information content (AvgIpc) is 3.11. The van der Waals surface area contributed by atoms with Crippen molar-refractivity contribution in [1.82, 2.24) is 24.7 Å². The van der Waals surface area contributed by atoms with Crippen molar-refractivity contribution in [2.75, 3.05) is 12.4 Å². The van der Waals surface area contributed by atoms with E-state index in [0.29, 0.717) is 29.8 Å². The van der Waals surface area contributed by atoms with Crippen molar-refractivity contribution in [2.24, 2.45) is 0 Å². The van der Waals surface area contributed by atoms with Crippen LogP contribution in [0.3, 0.4) is 0 Å². The van der Waals surface area contributed by atoms with Crippen LogP contribution in [0.4, 0.5) is 5.82 Å². The van der Waals surface area contributed by atoms with E-state index in [4.69, 9.17) is 4.74 Å². The Balaban J connectivity index is 1.62. The van der Waals surface area contributed by atoms with Gasteiger partial charge in [0.15, 0.2) is 5.82 Å². The van der Waals surface area contributed by atoms with Gasteiger partial charge in [-0.15, -0.1) is 5.10 Å². The van der Waals surface area contributed by atoms with Crippen molar-refractivity contribution in [3.63, 3.8) is 0 Å². The highest BCUT2D eigenvalue weighted by Gasteiger charge is 2.16. The predicted molar refractivity (Wildman–Crippen MR) is 105 cm³/mol. The number of aromatic nitrogens is 5. The maximum atomic E-state index is 9.30. The number of imidazole rings is 1. The molecule has 0 atom stereocenters. The third-order valence-corrected chi connectivity index (χ3v) is 4.18. The van der Waals surface area contributed by atoms with Crippen LogP contribution in [0.25, 0.3) is 17.0 Å². The fourth-order valence-corrected chi connectivity index (χ4v) is 2.86. The first-order valence-electron chi connectivity index (χ1n) is 8.56. The molecule has 0 aliphatic rings. The number of para-hydroxylation sites is 2. The Bertz CT molecular complexity index is 1120. The van der Waals surface area contributed by atoms with E-state index in [9.17, 15) is 10.0 Å². The molecule has 0 saturated carbocycles. The molecule has 4 aromatic rings. The molecule has 140 valence electrons. The predicted octanol–water partition coefficient (Wildman–Crippen LogP) is 0.511. The summed E-state index contributed by atoms with van der Waals surface area (Å²) in [6.45, 7) is 0.431. The van der Waals surface area contributed by atoms with Gasteiger partial charge in [-0.2, -0.15) is 15.1 Å². The lowest BCUT2D eigenvalue weighted by Crippen LogP contribution is -2.30. The second-order valence-electron chi connectivity index (χ2n) is 6.04. The van der Waals surface area contributed by atoms with Crippen molar-refractivity contribution in [2.45, 2.75) is 6.54 Å². The van der Waals surface area contributed by atoms with Crippen molar-refractivity contribution < 1.29 is 14.8 Å². The lowest BCUT2D eigenvalue weighted by atomic mass is 9.80. The zero-order chi connectivity index (χ0) is 19.5. The molecule has 0 bridgehead atoms. The maximum absolute atomic E-state index is 9.30. The molecule has 0 spiro atoms. The Morgan fingerprint density at radius 2 is 1.96 bits per heavy atom. The molecular weight excluding hydrogens is 359 g/mol. The van der Waals surface area contributed by atoms with Crippen LogP contribution in [-0.2, 0) is 6.54 Å². The van der Waals surface area contributed by atoms with Gasteiger partial charge in [0, 0.05) is 6.54 Å². The number of anilines is 1. The number of hydrogen-bond acceptors (Lipinski definition) is 8. The maximum Gasteiger partial charge on any atom is 0.488 e. The smallest absolute Gasteiger partial charge is 0.468 e. The van der Waals surface area contributed by atoms with Crippen molar-refractivity contribution >= 4 is 29.4 Å². The lowest BCUT2D eigenvalue weighted by Gasteiger charge is -2.09. The Hall–Kier alpha value is -3.50. The van der Waals surface area contributed by atoms with Gasteiger partial charge in [-0.3, -0.25) is 0 Å². The van der Waals surface area contributed by atoms with E-state index >= 15 is 0 Å². The first-order chi connectivity index (χ1) is 13.7. The van der Waals surface area contributed by atoms with Crippen LogP contribution in [0.5, 0.6) is 6.01 Å². The fourth-order valence-electron chi connectivity index (χ4n) is 2.86. The van der Waals surface area contributed by atoms with Crippen LogP contribution in [0.1, 0.15) is 5.56 Å². The number of nitrogens with one attached hydrogen (secondary N) is 1. The summed E-state index contributed by atoms with van der Waals surface area (Å²) in [6, 6.07) is 14.9. The number of rotatable bonds is 6. The highest BCUT2D eigenvalue weighted by molar-refractivity contribution is 6.58. The zero-order valence-electron chi connectivity index (χ0n) is 15.0. The van der Waals surface area contributed by atoms with Crippen LogP contribution in [0.2, 0.25) is 0 Å². The largest absolute Gasteiger partial charge is 0.488 e. The summed E-state index contributed by atoms with van der Waals surface area (Å²) in [4.78, 5) is 8.93. The van der Waals surface area contributed by atoms with E-state index in [1.165, 1.54) is 13.3 Å². The first-order valence-corrected chi connectivity index (χ1v) is 8.56. The van der Waals surface area contributed by atoms with Gasteiger partial charge >= 0.3 is 13.1 Å². The Morgan fingerprint density at radius 3 is 2.79 bits per heavy atom.